The molecule has 150 valence electrons. The second kappa shape index (κ2) is 10.6. The van der Waals surface area contributed by atoms with Gasteiger partial charge in [-0.1, -0.05) is 85.4 Å². The molecule has 2 unspecified atom stereocenters. The van der Waals surface area contributed by atoms with E-state index in [-0.39, 0.29) is 33.3 Å². The van der Waals surface area contributed by atoms with Crippen LogP contribution in [0.1, 0.15) is 25.8 Å². The Morgan fingerprint density at radius 2 is 1.68 bits per heavy atom. The first-order chi connectivity index (χ1) is 13.3. The summed E-state index contributed by atoms with van der Waals surface area (Å²) < 4.78 is 10.5. The number of rotatable bonds is 7. The molecule has 0 aliphatic carbocycles. The second-order valence-electron chi connectivity index (χ2n) is 6.19. The maximum atomic E-state index is 12.6. The summed E-state index contributed by atoms with van der Waals surface area (Å²) >= 11 is 17.9. The van der Waals surface area contributed by atoms with Crippen LogP contribution in [0.2, 0.25) is 15.1 Å². The molecule has 0 aromatic heterocycles. The molecule has 0 radical (unpaired) electrons. The average molecular weight is 445 g/mol. The molecule has 5 nitrogen and oxygen atoms in total. The molecule has 2 atom stereocenters. The number of nitrogens with one attached hydrogen (secondary N) is 1. The van der Waals surface area contributed by atoms with Crippen LogP contribution >= 0.6 is 34.8 Å². The van der Waals surface area contributed by atoms with Gasteiger partial charge >= 0.3 is 12.1 Å². The molecule has 0 saturated heterocycles. The van der Waals surface area contributed by atoms with Crippen molar-refractivity contribution < 1.29 is 19.1 Å². The maximum Gasteiger partial charge on any atom is 0.408 e. The van der Waals surface area contributed by atoms with Crippen LogP contribution < -0.4 is 10.1 Å². The first kappa shape index (κ1) is 22.3. The van der Waals surface area contributed by atoms with Gasteiger partial charge in [-0.3, -0.25) is 0 Å². The molecule has 0 aliphatic heterocycles. The third-order valence-corrected chi connectivity index (χ3v) is 5.16. The third kappa shape index (κ3) is 6.30. The SMILES string of the molecule is CCC(C)C(NC(=O)OCc1ccccc1)C(=O)Oc1cc(Cl)c(Cl)cc1Cl. The molecule has 2 aromatic carbocycles. The van der Waals surface area contributed by atoms with Crippen molar-refractivity contribution in [3.63, 3.8) is 0 Å². The number of hydrogen-bond acceptors (Lipinski definition) is 4. The molecule has 8 heteroatoms. The molecule has 0 fully saturated rings. The molecule has 0 aliphatic rings. The first-order valence-electron chi connectivity index (χ1n) is 8.65. The molecule has 2 aromatic rings. The van der Waals surface area contributed by atoms with E-state index in [0.29, 0.717) is 6.42 Å². The monoisotopic (exact) mass is 443 g/mol. The molecule has 28 heavy (non-hydrogen) atoms. The minimum atomic E-state index is -0.918. The van der Waals surface area contributed by atoms with Crippen molar-refractivity contribution >= 4 is 46.9 Å². The lowest BCUT2D eigenvalue weighted by atomic mass is 9.99. The van der Waals surface area contributed by atoms with Crippen molar-refractivity contribution in [1.29, 1.82) is 0 Å². The molecular formula is C20H20Cl3NO4. The molecule has 0 bridgehead atoms. The van der Waals surface area contributed by atoms with Crippen molar-refractivity contribution in [2.45, 2.75) is 32.9 Å². The van der Waals surface area contributed by atoms with Crippen LogP contribution in [0.3, 0.4) is 0 Å². The van der Waals surface area contributed by atoms with Crippen LogP contribution in [0.4, 0.5) is 4.79 Å². The largest absolute Gasteiger partial charge is 0.445 e. The van der Waals surface area contributed by atoms with Crippen LogP contribution in [-0.4, -0.2) is 18.1 Å². The Balaban J connectivity index is 2.04. The summed E-state index contributed by atoms with van der Waals surface area (Å²) in [5, 5.41) is 3.14. The summed E-state index contributed by atoms with van der Waals surface area (Å²) in [5.41, 5.74) is 0.836. The Kier molecular flexibility index (Phi) is 8.42. The number of ether oxygens (including phenoxy) is 2. The van der Waals surface area contributed by atoms with Gasteiger partial charge in [-0.15, -0.1) is 0 Å². The van der Waals surface area contributed by atoms with Gasteiger partial charge in [-0.05, 0) is 17.5 Å². The van der Waals surface area contributed by atoms with Crippen molar-refractivity contribution in [1.82, 2.24) is 5.32 Å². The van der Waals surface area contributed by atoms with Gasteiger partial charge in [0.2, 0.25) is 0 Å². The molecule has 1 N–H and O–H groups in total. The van der Waals surface area contributed by atoms with Gasteiger partial charge < -0.3 is 14.8 Å². The zero-order valence-corrected chi connectivity index (χ0v) is 17.6. The summed E-state index contributed by atoms with van der Waals surface area (Å²) in [5.74, 6) is -0.807. The predicted octanol–water partition coefficient (Wildman–Crippen LogP) is 5.89. The Morgan fingerprint density at radius 1 is 1.04 bits per heavy atom. The number of esters is 1. The average Bonchev–Trinajstić information content (AvgIpc) is 2.68. The van der Waals surface area contributed by atoms with E-state index in [2.05, 4.69) is 5.32 Å². The minimum Gasteiger partial charge on any atom is -0.445 e. The molecule has 0 spiro atoms. The quantitative estimate of drug-likeness (QED) is 0.328. The molecule has 0 saturated carbocycles. The van der Waals surface area contributed by atoms with Crippen LogP contribution in [0, 0.1) is 5.92 Å². The van der Waals surface area contributed by atoms with Crippen LogP contribution in [0.5, 0.6) is 5.75 Å². The lowest BCUT2D eigenvalue weighted by Crippen LogP contribution is -2.47. The Hall–Kier alpha value is -1.95. The number of halogens is 3. The van der Waals surface area contributed by atoms with Gasteiger partial charge in [0.1, 0.15) is 12.6 Å². The van der Waals surface area contributed by atoms with E-state index in [1.54, 1.807) is 0 Å². The van der Waals surface area contributed by atoms with Gasteiger partial charge in [0.25, 0.3) is 0 Å². The van der Waals surface area contributed by atoms with Crippen LogP contribution in [0.25, 0.3) is 0 Å². The summed E-state index contributed by atoms with van der Waals surface area (Å²) in [7, 11) is 0. The zero-order valence-electron chi connectivity index (χ0n) is 15.4. The van der Waals surface area contributed by atoms with E-state index < -0.39 is 18.1 Å². The van der Waals surface area contributed by atoms with Crippen LogP contribution in [0.15, 0.2) is 42.5 Å². The highest BCUT2D eigenvalue weighted by Gasteiger charge is 2.29. The molecular weight excluding hydrogens is 425 g/mol. The summed E-state index contributed by atoms with van der Waals surface area (Å²) in [6.45, 7) is 3.81. The van der Waals surface area contributed by atoms with Gasteiger partial charge in [-0.25, -0.2) is 9.59 Å². The van der Waals surface area contributed by atoms with E-state index in [0.717, 1.165) is 5.56 Å². The van der Waals surface area contributed by atoms with E-state index in [4.69, 9.17) is 44.3 Å². The normalized spacial score (nSPS) is 12.8. The van der Waals surface area contributed by atoms with Gasteiger partial charge in [0.15, 0.2) is 5.75 Å². The predicted molar refractivity (Wildman–Crippen MR) is 110 cm³/mol. The Bertz CT molecular complexity index is 830. The van der Waals surface area contributed by atoms with Gasteiger partial charge in [0.05, 0.1) is 15.1 Å². The summed E-state index contributed by atoms with van der Waals surface area (Å²) in [4.78, 5) is 24.8. The topological polar surface area (TPSA) is 64.6 Å². The van der Waals surface area contributed by atoms with E-state index in [9.17, 15) is 9.59 Å². The molecule has 0 heterocycles. The lowest BCUT2D eigenvalue weighted by molar-refractivity contribution is -0.138. The fourth-order valence-corrected chi connectivity index (χ4v) is 2.89. The fourth-order valence-electron chi connectivity index (χ4n) is 2.32. The number of carbonyl (C=O) groups is 2. The fraction of sp³-hybridized carbons (Fsp3) is 0.300. The lowest BCUT2D eigenvalue weighted by Gasteiger charge is -2.22. The number of carbonyl (C=O) groups excluding carboxylic acids is 2. The second-order valence-corrected chi connectivity index (χ2v) is 7.41. The molecule has 1 amide bonds. The van der Waals surface area contributed by atoms with E-state index in [1.165, 1.54) is 12.1 Å². The number of hydrogen-bond donors (Lipinski definition) is 1. The van der Waals surface area contributed by atoms with Crippen molar-refractivity contribution in [3.05, 3.63) is 63.1 Å². The van der Waals surface area contributed by atoms with Crippen molar-refractivity contribution in [3.8, 4) is 5.75 Å². The highest BCUT2D eigenvalue weighted by molar-refractivity contribution is 6.43. The zero-order chi connectivity index (χ0) is 20.7. The minimum absolute atomic E-state index is 0.0637. The summed E-state index contributed by atoms with van der Waals surface area (Å²) in [6, 6.07) is 11.0. The first-order valence-corrected chi connectivity index (χ1v) is 9.78. The highest BCUT2D eigenvalue weighted by atomic mass is 35.5. The highest BCUT2D eigenvalue weighted by Crippen LogP contribution is 2.34. The standard InChI is InChI=1S/C20H20Cl3NO4/c1-3-12(2)18(24-20(26)27-11-13-7-5-4-6-8-13)19(25)28-17-10-15(22)14(21)9-16(17)23/h4-10,12,18H,3,11H2,1-2H3,(H,24,26). The Labute approximate surface area is 178 Å². The van der Waals surface area contributed by atoms with Crippen molar-refractivity contribution in [2.75, 3.05) is 0 Å². The van der Waals surface area contributed by atoms with Gasteiger partial charge in [0, 0.05) is 6.07 Å². The summed E-state index contributed by atoms with van der Waals surface area (Å²) in [6.07, 6.45) is -0.0836. The number of amides is 1. The van der Waals surface area contributed by atoms with E-state index in [1.807, 2.05) is 44.2 Å². The maximum absolute atomic E-state index is 12.6. The smallest absolute Gasteiger partial charge is 0.408 e. The number of benzene rings is 2. The van der Waals surface area contributed by atoms with Crippen molar-refractivity contribution in [2.24, 2.45) is 5.92 Å². The number of alkyl carbamates (subject to hydrolysis) is 1. The Morgan fingerprint density at radius 3 is 2.32 bits per heavy atom. The van der Waals surface area contributed by atoms with Gasteiger partial charge in [-0.2, -0.15) is 0 Å². The van der Waals surface area contributed by atoms with E-state index >= 15 is 0 Å². The third-order valence-electron chi connectivity index (χ3n) is 4.14. The van der Waals surface area contributed by atoms with Crippen LogP contribution in [-0.2, 0) is 16.1 Å². The molecule has 2 rings (SSSR count).